The van der Waals surface area contributed by atoms with E-state index in [2.05, 4.69) is 25.6 Å². The van der Waals surface area contributed by atoms with Crippen LogP contribution in [0.25, 0.3) is 30.7 Å². The Bertz CT molecular complexity index is 1640. The van der Waals surface area contributed by atoms with Crippen LogP contribution in [0.15, 0.2) is 97.1 Å². The standard InChI is InChI=1S/C31H22F6S4/c1-18(24-12-14-27(39-24)21-7-10-23(11-8-21)31(35,36)37)38-19(2)25-13-16-28(40-25)29-17-15-26(41-29)20-4-3-5-22(9-6-20)30(32,33)34/h4-17,19H,1,3H2,2H3. The Labute approximate surface area is 250 Å². The molecule has 0 nitrogen and oxygen atoms in total. The van der Waals surface area contributed by atoms with Gasteiger partial charge in [-0.2, -0.15) is 26.3 Å². The number of rotatable bonds is 7. The van der Waals surface area contributed by atoms with Gasteiger partial charge in [0.05, 0.1) is 11.1 Å². The Morgan fingerprint density at radius 3 is 2.10 bits per heavy atom. The highest BCUT2D eigenvalue weighted by Crippen LogP contribution is 2.46. The predicted molar refractivity (Wildman–Crippen MR) is 163 cm³/mol. The Hall–Kier alpha value is -2.79. The van der Waals surface area contributed by atoms with Crippen LogP contribution in [0, 0.1) is 0 Å². The monoisotopic (exact) mass is 636 g/mol. The SMILES string of the molecule is C=C(SC(C)c1ccc(-c2ccc(C3=CCC=C(C(F)(F)F)C=C3)s2)s1)c1ccc(-c2ccc(C(F)(F)F)cc2)s1. The van der Waals surface area contributed by atoms with Crippen LogP contribution in [0.1, 0.15) is 38.8 Å². The lowest BCUT2D eigenvalue weighted by Crippen LogP contribution is -2.09. The summed E-state index contributed by atoms with van der Waals surface area (Å²) in [6.07, 6.45) is -2.83. The van der Waals surface area contributed by atoms with Crippen LogP contribution in [-0.2, 0) is 6.18 Å². The molecule has 0 aliphatic heterocycles. The Kier molecular flexibility index (Phi) is 8.57. The largest absolute Gasteiger partial charge is 0.416 e. The highest BCUT2D eigenvalue weighted by molar-refractivity contribution is 8.08. The second kappa shape index (κ2) is 11.8. The highest BCUT2D eigenvalue weighted by Gasteiger charge is 2.32. The van der Waals surface area contributed by atoms with Crippen molar-refractivity contribution in [2.75, 3.05) is 0 Å². The lowest BCUT2D eigenvalue weighted by atomic mass is 10.1. The molecular weight excluding hydrogens is 615 g/mol. The molecule has 1 aromatic carbocycles. The van der Waals surface area contributed by atoms with Crippen molar-refractivity contribution in [3.63, 3.8) is 0 Å². The van der Waals surface area contributed by atoms with Gasteiger partial charge in [0.25, 0.3) is 0 Å². The zero-order chi connectivity index (χ0) is 29.4. The number of halogens is 6. The van der Waals surface area contributed by atoms with E-state index in [0.717, 1.165) is 63.5 Å². The smallest absolute Gasteiger partial charge is 0.166 e. The third-order valence-electron chi connectivity index (χ3n) is 6.30. The molecule has 0 amide bonds. The second-order valence-corrected chi connectivity index (χ2v) is 13.9. The van der Waals surface area contributed by atoms with Gasteiger partial charge in [-0.3, -0.25) is 0 Å². The summed E-state index contributed by atoms with van der Waals surface area (Å²) >= 11 is 6.34. The molecule has 1 aliphatic rings. The van der Waals surface area contributed by atoms with E-state index in [-0.39, 0.29) is 11.7 Å². The molecule has 0 fully saturated rings. The van der Waals surface area contributed by atoms with E-state index in [9.17, 15) is 26.3 Å². The lowest BCUT2D eigenvalue weighted by molar-refractivity contribution is -0.137. The summed E-state index contributed by atoms with van der Waals surface area (Å²) in [5, 5.41) is 0.122. The van der Waals surface area contributed by atoms with E-state index in [1.54, 1.807) is 34.4 Å². The summed E-state index contributed by atoms with van der Waals surface area (Å²) in [5.41, 5.74) is 0.205. The van der Waals surface area contributed by atoms with Gasteiger partial charge in [-0.05, 0) is 79.1 Å². The number of hydrogen-bond acceptors (Lipinski definition) is 4. The first-order chi connectivity index (χ1) is 19.4. The number of benzene rings is 1. The topological polar surface area (TPSA) is 0 Å². The van der Waals surface area contributed by atoms with Crippen LogP contribution in [0.5, 0.6) is 0 Å². The molecule has 1 atom stereocenters. The molecule has 0 N–H and O–H groups in total. The summed E-state index contributed by atoms with van der Waals surface area (Å²) in [5.74, 6) is 0. The highest BCUT2D eigenvalue weighted by atomic mass is 32.2. The molecule has 3 aromatic heterocycles. The summed E-state index contributed by atoms with van der Waals surface area (Å²) in [4.78, 5) is 6.93. The van der Waals surface area contributed by atoms with Crippen LogP contribution in [0.4, 0.5) is 26.3 Å². The number of allylic oxidation sites excluding steroid dienone is 6. The van der Waals surface area contributed by atoms with Gasteiger partial charge >= 0.3 is 12.4 Å². The molecule has 0 radical (unpaired) electrons. The number of alkyl halides is 6. The molecular formula is C31H22F6S4. The van der Waals surface area contributed by atoms with Crippen molar-refractivity contribution < 1.29 is 26.3 Å². The molecule has 41 heavy (non-hydrogen) atoms. The number of thioether (sulfide) groups is 1. The molecule has 212 valence electrons. The van der Waals surface area contributed by atoms with Crippen LogP contribution >= 0.6 is 45.8 Å². The van der Waals surface area contributed by atoms with E-state index in [0.29, 0.717) is 0 Å². The van der Waals surface area contributed by atoms with Crippen molar-refractivity contribution in [2.45, 2.75) is 30.9 Å². The van der Waals surface area contributed by atoms with Crippen molar-refractivity contribution in [2.24, 2.45) is 0 Å². The Morgan fingerprint density at radius 2 is 1.39 bits per heavy atom. The van der Waals surface area contributed by atoms with Crippen molar-refractivity contribution in [3.8, 4) is 20.2 Å². The average Bonchev–Trinajstić information content (AvgIpc) is 3.66. The summed E-state index contributed by atoms with van der Waals surface area (Å²) in [7, 11) is 0. The number of thiophene rings is 3. The third kappa shape index (κ3) is 6.99. The van der Waals surface area contributed by atoms with E-state index >= 15 is 0 Å². The van der Waals surface area contributed by atoms with Crippen LogP contribution in [0.2, 0.25) is 0 Å². The van der Waals surface area contributed by atoms with Gasteiger partial charge < -0.3 is 0 Å². The maximum absolute atomic E-state index is 13.1. The molecule has 4 aromatic rings. The van der Waals surface area contributed by atoms with Crippen molar-refractivity contribution >= 4 is 56.3 Å². The van der Waals surface area contributed by atoms with Gasteiger partial charge in [0.1, 0.15) is 0 Å². The summed E-state index contributed by atoms with van der Waals surface area (Å²) in [6, 6.07) is 17.1. The summed E-state index contributed by atoms with van der Waals surface area (Å²) < 4.78 is 77.8. The van der Waals surface area contributed by atoms with Crippen molar-refractivity contribution in [3.05, 3.63) is 117 Å². The zero-order valence-electron chi connectivity index (χ0n) is 21.5. The van der Waals surface area contributed by atoms with Gasteiger partial charge in [-0.15, -0.1) is 45.8 Å². The summed E-state index contributed by atoms with van der Waals surface area (Å²) in [6.45, 7) is 6.34. The fourth-order valence-corrected chi connectivity index (χ4v) is 8.44. The molecule has 5 rings (SSSR count). The molecule has 1 aliphatic carbocycles. The van der Waals surface area contributed by atoms with E-state index in [1.165, 1.54) is 35.6 Å². The van der Waals surface area contributed by atoms with Gasteiger partial charge in [-0.25, -0.2) is 0 Å². The first kappa shape index (κ1) is 29.7. The van der Waals surface area contributed by atoms with Gasteiger partial charge in [-0.1, -0.05) is 36.9 Å². The zero-order valence-corrected chi connectivity index (χ0v) is 24.7. The lowest BCUT2D eigenvalue weighted by Gasteiger charge is -2.10. The fraction of sp³-hybridized carbons (Fsp3) is 0.161. The number of hydrogen-bond donors (Lipinski definition) is 0. The minimum absolute atomic E-state index is 0.122. The van der Waals surface area contributed by atoms with Gasteiger partial charge in [0.2, 0.25) is 0 Å². The molecule has 0 saturated heterocycles. The molecule has 10 heteroatoms. The predicted octanol–water partition coefficient (Wildman–Crippen LogP) is 12.5. The Morgan fingerprint density at radius 1 is 0.732 bits per heavy atom. The van der Waals surface area contributed by atoms with Crippen molar-refractivity contribution in [1.29, 1.82) is 0 Å². The minimum atomic E-state index is -4.36. The van der Waals surface area contributed by atoms with Crippen molar-refractivity contribution in [1.82, 2.24) is 0 Å². The average molecular weight is 637 g/mol. The first-order valence-electron chi connectivity index (χ1n) is 12.4. The van der Waals surface area contributed by atoms with Crippen LogP contribution in [0.3, 0.4) is 0 Å². The third-order valence-corrected chi connectivity index (χ3v) is 11.5. The quantitative estimate of drug-likeness (QED) is 0.182. The van der Waals surface area contributed by atoms with E-state index in [1.807, 2.05) is 30.3 Å². The van der Waals surface area contributed by atoms with E-state index < -0.39 is 23.5 Å². The molecule has 1 unspecified atom stereocenters. The fourth-order valence-electron chi connectivity index (χ4n) is 4.15. The maximum atomic E-state index is 13.1. The first-order valence-corrected chi connectivity index (χ1v) is 15.7. The minimum Gasteiger partial charge on any atom is -0.166 e. The molecule has 3 heterocycles. The van der Waals surface area contributed by atoms with Crippen LogP contribution < -0.4 is 0 Å². The Balaban J connectivity index is 1.23. The molecule has 0 bridgehead atoms. The van der Waals surface area contributed by atoms with E-state index in [4.69, 9.17) is 0 Å². The second-order valence-electron chi connectivity index (χ2n) is 9.17. The van der Waals surface area contributed by atoms with Gasteiger partial charge in [0, 0.05) is 39.4 Å². The van der Waals surface area contributed by atoms with Gasteiger partial charge in [0.15, 0.2) is 0 Å². The maximum Gasteiger partial charge on any atom is 0.416 e. The van der Waals surface area contributed by atoms with Crippen LogP contribution in [-0.4, -0.2) is 6.18 Å². The molecule has 0 saturated carbocycles. The molecule has 0 spiro atoms. The normalized spacial score (nSPS) is 14.9.